The Kier molecular flexibility index (Phi) is 5.11. The third-order valence-electron chi connectivity index (χ3n) is 5.75. The lowest BCUT2D eigenvalue weighted by Gasteiger charge is -2.45. The van der Waals surface area contributed by atoms with Crippen molar-refractivity contribution in [2.75, 3.05) is 26.8 Å². The van der Waals surface area contributed by atoms with Crippen LogP contribution < -0.4 is 4.74 Å². The minimum Gasteiger partial charge on any atom is -0.497 e. The maximum Gasteiger partial charge on any atom is 0.226 e. The summed E-state index contributed by atoms with van der Waals surface area (Å²) in [5, 5.41) is 0.691. The van der Waals surface area contributed by atoms with E-state index in [1.54, 1.807) is 7.11 Å². The molecule has 2 aromatic carbocycles. The molecule has 4 nitrogen and oxygen atoms in total. The molecule has 2 aliphatic rings. The van der Waals surface area contributed by atoms with E-state index in [0.29, 0.717) is 11.4 Å². The Labute approximate surface area is 165 Å². The zero-order valence-corrected chi connectivity index (χ0v) is 16.3. The van der Waals surface area contributed by atoms with Gasteiger partial charge in [-0.2, -0.15) is 0 Å². The van der Waals surface area contributed by atoms with E-state index in [1.165, 1.54) is 11.1 Å². The fraction of sp³-hybridized carbons (Fsp3) is 0.409. The largest absolute Gasteiger partial charge is 0.497 e. The van der Waals surface area contributed by atoms with E-state index in [0.717, 1.165) is 50.3 Å². The minimum absolute atomic E-state index is 0.165. The predicted octanol–water partition coefficient (Wildman–Crippen LogP) is 3.98. The number of likely N-dealkylation sites (tertiary alicyclic amines) is 1. The molecule has 4 rings (SSSR count). The monoisotopic (exact) mass is 385 g/mol. The highest BCUT2D eigenvalue weighted by molar-refractivity contribution is 6.30. The highest BCUT2D eigenvalue weighted by Gasteiger charge is 2.41. The van der Waals surface area contributed by atoms with Crippen molar-refractivity contribution in [1.82, 2.24) is 4.90 Å². The van der Waals surface area contributed by atoms with E-state index < -0.39 is 0 Å². The fourth-order valence-corrected chi connectivity index (χ4v) is 4.33. The van der Waals surface area contributed by atoms with E-state index in [2.05, 4.69) is 12.1 Å². The maximum atomic E-state index is 12.7. The van der Waals surface area contributed by atoms with Crippen molar-refractivity contribution in [1.29, 1.82) is 0 Å². The fourth-order valence-electron chi connectivity index (χ4n) is 4.20. The summed E-state index contributed by atoms with van der Waals surface area (Å²) < 4.78 is 11.6. The van der Waals surface area contributed by atoms with Crippen molar-refractivity contribution in [2.24, 2.45) is 0 Å². The van der Waals surface area contributed by atoms with Crippen LogP contribution in [0.2, 0.25) is 5.02 Å². The summed E-state index contributed by atoms with van der Waals surface area (Å²) in [6.07, 6.45) is 2.99. The Bertz CT molecular complexity index is 826. The molecule has 1 fully saturated rings. The van der Waals surface area contributed by atoms with E-state index in [1.807, 2.05) is 35.2 Å². The second-order valence-electron chi connectivity index (χ2n) is 7.30. The first kappa shape index (κ1) is 18.3. The summed E-state index contributed by atoms with van der Waals surface area (Å²) in [6.45, 7) is 2.16. The van der Waals surface area contributed by atoms with Gasteiger partial charge in [-0.05, 0) is 60.2 Å². The van der Waals surface area contributed by atoms with Crippen LogP contribution in [0, 0.1) is 0 Å². The van der Waals surface area contributed by atoms with Crippen molar-refractivity contribution in [3.63, 3.8) is 0 Å². The molecule has 27 heavy (non-hydrogen) atoms. The van der Waals surface area contributed by atoms with Gasteiger partial charge in [0, 0.05) is 18.1 Å². The topological polar surface area (TPSA) is 38.8 Å². The highest BCUT2D eigenvalue weighted by Crippen LogP contribution is 2.42. The number of ether oxygens (including phenoxy) is 2. The summed E-state index contributed by atoms with van der Waals surface area (Å²) in [5.74, 6) is 1.05. The minimum atomic E-state index is -0.267. The van der Waals surface area contributed by atoms with Crippen LogP contribution in [0.3, 0.4) is 0 Å². The number of piperidine rings is 1. The van der Waals surface area contributed by atoms with Gasteiger partial charge in [-0.25, -0.2) is 0 Å². The van der Waals surface area contributed by atoms with Crippen LogP contribution in [0.1, 0.15) is 29.5 Å². The average molecular weight is 386 g/mol. The highest BCUT2D eigenvalue weighted by atomic mass is 35.5. The van der Waals surface area contributed by atoms with E-state index >= 15 is 0 Å². The molecule has 0 unspecified atom stereocenters. The zero-order valence-electron chi connectivity index (χ0n) is 15.5. The molecule has 0 saturated carbocycles. The number of carbonyl (C=O) groups is 1. The molecular weight excluding hydrogens is 362 g/mol. The second-order valence-corrected chi connectivity index (χ2v) is 7.74. The van der Waals surface area contributed by atoms with Gasteiger partial charge in [-0.3, -0.25) is 4.79 Å². The number of hydrogen-bond donors (Lipinski definition) is 0. The van der Waals surface area contributed by atoms with Gasteiger partial charge in [0.25, 0.3) is 0 Å². The quantitative estimate of drug-likeness (QED) is 0.802. The number of carbonyl (C=O) groups excluding carboxylic acids is 1. The van der Waals surface area contributed by atoms with Gasteiger partial charge in [-0.15, -0.1) is 0 Å². The molecular formula is C22H24ClNO3. The first-order chi connectivity index (χ1) is 13.1. The number of hydrogen-bond acceptors (Lipinski definition) is 3. The van der Waals surface area contributed by atoms with Gasteiger partial charge >= 0.3 is 0 Å². The summed E-state index contributed by atoms with van der Waals surface area (Å²) in [7, 11) is 1.70. The molecule has 0 atom stereocenters. The smallest absolute Gasteiger partial charge is 0.226 e. The van der Waals surface area contributed by atoms with E-state index in [4.69, 9.17) is 21.1 Å². The lowest BCUT2D eigenvalue weighted by atomic mass is 9.79. The lowest BCUT2D eigenvalue weighted by Crippen LogP contribution is -2.48. The average Bonchev–Trinajstić information content (AvgIpc) is 2.70. The van der Waals surface area contributed by atoms with Crippen LogP contribution in [0.25, 0.3) is 0 Å². The Morgan fingerprint density at radius 1 is 1.19 bits per heavy atom. The molecule has 142 valence electrons. The van der Waals surface area contributed by atoms with Crippen molar-refractivity contribution < 1.29 is 14.3 Å². The zero-order chi connectivity index (χ0) is 18.9. The van der Waals surface area contributed by atoms with Crippen molar-refractivity contribution in [3.8, 4) is 5.75 Å². The number of benzene rings is 2. The summed E-state index contributed by atoms with van der Waals surface area (Å²) in [4.78, 5) is 14.6. The molecule has 0 bridgehead atoms. The van der Waals surface area contributed by atoms with Crippen LogP contribution in [0.4, 0.5) is 0 Å². The van der Waals surface area contributed by atoms with Crippen molar-refractivity contribution in [2.45, 2.75) is 31.3 Å². The summed E-state index contributed by atoms with van der Waals surface area (Å²) >= 11 is 5.92. The molecule has 1 spiro atoms. The molecule has 0 aliphatic carbocycles. The third-order valence-corrected chi connectivity index (χ3v) is 6.00. The second kappa shape index (κ2) is 7.53. The molecule has 2 aliphatic heterocycles. The summed E-state index contributed by atoms with van der Waals surface area (Å²) in [6, 6.07) is 13.8. The van der Waals surface area contributed by atoms with Crippen LogP contribution >= 0.6 is 11.6 Å². The Morgan fingerprint density at radius 3 is 2.63 bits per heavy atom. The molecule has 1 amide bonds. The van der Waals surface area contributed by atoms with Gasteiger partial charge in [-0.1, -0.05) is 29.8 Å². The van der Waals surface area contributed by atoms with Crippen molar-refractivity contribution >= 4 is 17.5 Å². The SMILES string of the molecule is COc1ccc2c(c1)CCOC21CCN(C(=O)Cc2ccc(Cl)cc2)CC1. The molecule has 0 aromatic heterocycles. The number of amides is 1. The Hall–Kier alpha value is -2.04. The standard InChI is InChI=1S/C22H24ClNO3/c1-26-19-6-7-20-17(15-19)8-13-27-22(20)9-11-24(12-10-22)21(25)14-16-2-4-18(23)5-3-16/h2-7,15H,8-14H2,1H3. The van der Waals surface area contributed by atoms with E-state index in [-0.39, 0.29) is 11.5 Å². The number of methoxy groups -OCH3 is 1. The van der Waals surface area contributed by atoms with Crippen LogP contribution in [-0.2, 0) is 28.0 Å². The van der Waals surface area contributed by atoms with Gasteiger partial charge in [0.15, 0.2) is 0 Å². The maximum absolute atomic E-state index is 12.7. The van der Waals surface area contributed by atoms with Crippen LogP contribution in [0.15, 0.2) is 42.5 Å². The molecule has 0 radical (unpaired) electrons. The molecule has 2 heterocycles. The molecule has 5 heteroatoms. The van der Waals surface area contributed by atoms with Gasteiger partial charge in [0.1, 0.15) is 5.75 Å². The summed E-state index contributed by atoms with van der Waals surface area (Å²) in [5.41, 5.74) is 3.30. The first-order valence-electron chi connectivity index (χ1n) is 9.43. The Morgan fingerprint density at radius 2 is 1.93 bits per heavy atom. The Balaban J connectivity index is 1.44. The number of rotatable bonds is 3. The first-order valence-corrected chi connectivity index (χ1v) is 9.81. The van der Waals surface area contributed by atoms with Gasteiger partial charge in [0.2, 0.25) is 5.91 Å². The van der Waals surface area contributed by atoms with Gasteiger partial charge < -0.3 is 14.4 Å². The van der Waals surface area contributed by atoms with Crippen molar-refractivity contribution in [3.05, 3.63) is 64.2 Å². The van der Waals surface area contributed by atoms with Crippen LogP contribution in [0.5, 0.6) is 5.75 Å². The third kappa shape index (κ3) is 3.69. The van der Waals surface area contributed by atoms with Crippen LogP contribution in [-0.4, -0.2) is 37.6 Å². The van der Waals surface area contributed by atoms with E-state index in [9.17, 15) is 4.79 Å². The van der Waals surface area contributed by atoms with Gasteiger partial charge in [0.05, 0.1) is 25.7 Å². The normalized spacial score (nSPS) is 18.2. The lowest BCUT2D eigenvalue weighted by molar-refractivity contribution is -0.140. The predicted molar refractivity (Wildman–Crippen MR) is 105 cm³/mol. The molecule has 2 aromatic rings. The molecule has 1 saturated heterocycles. The number of nitrogens with zero attached hydrogens (tertiary/aromatic N) is 1. The number of fused-ring (bicyclic) bond motifs is 2. The molecule has 0 N–H and O–H groups in total. The number of halogens is 1.